The van der Waals surface area contributed by atoms with Crippen LogP contribution in [0.1, 0.15) is 63.4 Å². The van der Waals surface area contributed by atoms with Crippen LogP contribution in [0.3, 0.4) is 0 Å². The average Bonchev–Trinajstić information content (AvgIpc) is 3.18. The van der Waals surface area contributed by atoms with Crippen molar-refractivity contribution in [1.29, 1.82) is 0 Å². The summed E-state index contributed by atoms with van der Waals surface area (Å²) in [6.45, 7) is 0.636. The molecule has 1 aromatic carbocycles. The topological polar surface area (TPSA) is 44.4 Å². The minimum atomic E-state index is 0.411. The van der Waals surface area contributed by atoms with Crippen LogP contribution >= 0.6 is 0 Å². The number of fused-ring (bicyclic) bond motifs is 2. The molecule has 0 radical (unpaired) electrons. The summed E-state index contributed by atoms with van der Waals surface area (Å²) in [7, 11) is 0. The predicted octanol–water partition coefficient (Wildman–Crippen LogP) is 4.76. The van der Waals surface area contributed by atoms with Crippen LogP contribution in [0.25, 0.3) is 0 Å². The largest absolute Gasteiger partial charge is 0.360 e. The molecule has 0 spiro atoms. The molecule has 4 nitrogen and oxygen atoms in total. The van der Waals surface area contributed by atoms with Gasteiger partial charge in [0.2, 0.25) is 6.41 Å². The third-order valence-electron chi connectivity index (χ3n) is 7.31. The molecule has 0 bridgehead atoms. The van der Waals surface area contributed by atoms with E-state index in [2.05, 4.69) is 34.9 Å². The first kappa shape index (κ1) is 19.6. The molecule has 0 aromatic heterocycles. The maximum absolute atomic E-state index is 11.9. The Morgan fingerprint density at radius 2 is 1.87 bits per heavy atom. The number of benzene rings is 1. The Kier molecular flexibility index (Phi) is 5.76. The van der Waals surface area contributed by atoms with E-state index in [-0.39, 0.29) is 0 Å². The van der Waals surface area contributed by atoms with Gasteiger partial charge in [0.15, 0.2) is 0 Å². The molecule has 0 saturated heterocycles. The molecule has 1 amide bonds. The van der Waals surface area contributed by atoms with Crippen molar-refractivity contribution in [3.63, 3.8) is 0 Å². The Balaban J connectivity index is 1.30. The van der Waals surface area contributed by atoms with Crippen molar-refractivity contribution in [2.75, 3.05) is 0 Å². The van der Waals surface area contributed by atoms with Gasteiger partial charge in [0, 0.05) is 35.1 Å². The van der Waals surface area contributed by atoms with Crippen molar-refractivity contribution in [3.8, 4) is 0 Å². The molecule has 5 rings (SSSR count). The van der Waals surface area contributed by atoms with Gasteiger partial charge in [0.1, 0.15) is 0 Å². The number of carbonyl (C=O) groups is 1. The lowest BCUT2D eigenvalue weighted by molar-refractivity contribution is -0.117. The maximum Gasteiger partial charge on any atom is 0.214 e. The Morgan fingerprint density at radius 1 is 1.03 bits per heavy atom. The highest BCUT2D eigenvalue weighted by Crippen LogP contribution is 2.43. The van der Waals surface area contributed by atoms with Crippen LogP contribution in [0.4, 0.5) is 0 Å². The zero-order chi connectivity index (χ0) is 20.3. The van der Waals surface area contributed by atoms with Crippen LogP contribution in [0, 0.1) is 5.92 Å². The van der Waals surface area contributed by atoms with Crippen LogP contribution in [-0.2, 0) is 11.3 Å². The van der Waals surface area contributed by atoms with Gasteiger partial charge in [-0.05, 0) is 61.8 Å². The van der Waals surface area contributed by atoms with Gasteiger partial charge in [0.25, 0.3) is 0 Å². The fraction of sp³-hybridized carbons (Fsp3) is 0.500. The zero-order valence-electron chi connectivity index (χ0n) is 17.8. The van der Waals surface area contributed by atoms with Gasteiger partial charge in [-0.3, -0.25) is 4.79 Å². The molecule has 1 heterocycles. The molecule has 2 atom stereocenters. The first-order chi connectivity index (χ1) is 14.8. The van der Waals surface area contributed by atoms with E-state index >= 15 is 0 Å². The SMILES string of the molecule is O=CN(Cc1ccccc1)C1=CC=C2NC3=C(CCCC3NC3CCCCC3)C2C1. The molecule has 2 unspecified atom stereocenters. The Bertz CT molecular complexity index is 864. The number of hydrogen-bond acceptors (Lipinski definition) is 3. The third kappa shape index (κ3) is 3.98. The highest BCUT2D eigenvalue weighted by molar-refractivity contribution is 5.54. The lowest BCUT2D eigenvalue weighted by Crippen LogP contribution is -2.43. The number of nitrogens with one attached hydrogen (secondary N) is 2. The standard InChI is InChI=1S/C26H33N3O/c30-18-29(17-19-8-3-1-4-9-19)21-14-15-24-23(16-21)22-12-7-13-25(26(22)28-24)27-20-10-5-2-6-11-20/h1,3-4,8-9,14-15,18,20,23,25,27-28H,2,5-7,10-13,16-17H2. The summed E-state index contributed by atoms with van der Waals surface area (Å²) in [5.74, 6) is 0.411. The third-order valence-corrected chi connectivity index (χ3v) is 7.31. The molecule has 1 fully saturated rings. The number of nitrogens with zero attached hydrogens (tertiary/aromatic N) is 1. The van der Waals surface area contributed by atoms with Crippen LogP contribution in [0.15, 0.2) is 65.1 Å². The van der Waals surface area contributed by atoms with Gasteiger partial charge in [-0.2, -0.15) is 0 Å². The fourth-order valence-corrected chi connectivity index (χ4v) is 5.73. The molecule has 1 aromatic rings. The van der Waals surface area contributed by atoms with Gasteiger partial charge in [-0.15, -0.1) is 0 Å². The van der Waals surface area contributed by atoms with Crippen molar-refractivity contribution < 1.29 is 4.79 Å². The normalized spacial score (nSPS) is 26.3. The molecular formula is C26H33N3O. The van der Waals surface area contributed by atoms with Crippen LogP contribution in [0.5, 0.6) is 0 Å². The molecule has 158 valence electrons. The summed E-state index contributed by atoms with van der Waals surface area (Å²) in [5.41, 5.74) is 6.64. The first-order valence-corrected chi connectivity index (χ1v) is 11.7. The van der Waals surface area contributed by atoms with E-state index in [9.17, 15) is 4.79 Å². The Morgan fingerprint density at radius 3 is 2.67 bits per heavy atom. The second-order valence-corrected chi connectivity index (χ2v) is 9.27. The molecule has 4 aliphatic rings. The molecule has 1 saturated carbocycles. The summed E-state index contributed by atoms with van der Waals surface area (Å²) >= 11 is 0. The highest BCUT2D eigenvalue weighted by atomic mass is 16.1. The highest BCUT2D eigenvalue weighted by Gasteiger charge is 2.38. The van der Waals surface area contributed by atoms with Crippen molar-refractivity contribution in [2.24, 2.45) is 5.92 Å². The summed E-state index contributed by atoms with van der Waals surface area (Å²) < 4.78 is 0. The first-order valence-electron chi connectivity index (χ1n) is 11.7. The monoisotopic (exact) mass is 403 g/mol. The molecule has 3 aliphatic carbocycles. The van der Waals surface area contributed by atoms with E-state index in [0.29, 0.717) is 24.5 Å². The summed E-state index contributed by atoms with van der Waals surface area (Å²) in [4.78, 5) is 13.8. The number of rotatable bonds is 6. The van der Waals surface area contributed by atoms with Gasteiger partial charge in [-0.1, -0.05) is 49.6 Å². The van der Waals surface area contributed by atoms with E-state index in [1.54, 1.807) is 5.57 Å². The van der Waals surface area contributed by atoms with Gasteiger partial charge in [-0.25, -0.2) is 0 Å². The quantitative estimate of drug-likeness (QED) is 0.673. The van der Waals surface area contributed by atoms with Gasteiger partial charge < -0.3 is 15.5 Å². The van der Waals surface area contributed by atoms with Crippen LogP contribution < -0.4 is 10.6 Å². The fourth-order valence-electron chi connectivity index (χ4n) is 5.73. The van der Waals surface area contributed by atoms with Crippen molar-refractivity contribution in [1.82, 2.24) is 15.5 Å². The van der Waals surface area contributed by atoms with Crippen molar-refractivity contribution in [3.05, 3.63) is 70.7 Å². The van der Waals surface area contributed by atoms with Crippen LogP contribution in [-0.4, -0.2) is 23.4 Å². The Hall–Kier alpha value is -2.33. The lowest BCUT2D eigenvalue weighted by atomic mass is 9.82. The minimum absolute atomic E-state index is 0.411. The summed E-state index contributed by atoms with van der Waals surface area (Å²) in [6, 6.07) is 11.4. The molecule has 1 aliphatic heterocycles. The summed E-state index contributed by atoms with van der Waals surface area (Å²) in [6.07, 6.45) is 16.7. The van der Waals surface area contributed by atoms with Crippen molar-refractivity contribution >= 4 is 6.41 Å². The smallest absolute Gasteiger partial charge is 0.214 e. The van der Waals surface area contributed by atoms with Crippen LogP contribution in [0.2, 0.25) is 0 Å². The van der Waals surface area contributed by atoms with Gasteiger partial charge >= 0.3 is 0 Å². The lowest BCUT2D eigenvalue weighted by Gasteiger charge is -2.32. The molecular weight excluding hydrogens is 370 g/mol. The summed E-state index contributed by atoms with van der Waals surface area (Å²) in [5, 5.41) is 7.77. The molecule has 30 heavy (non-hydrogen) atoms. The average molecular weight is 404 g/mol. The zero-order valence-corrected chi connectivity index (χ0v) is 17.8. The minimum Gasteiger partial charge on any atom is -0.360 e. The van der Waals surface area contributed by atoms with E-state index in [0.717, 1.165) is 18.5 Å². The van der Waals surface area contributed by atoms with Crippen molar-refractivity contribution in [2.45, 2.75) is 76.4 Å². The maximum atomic E-state index is 11.9. The molecule has 2 N–H and O–H groups in total. The number of hydrogen-bond donors (Lipinski definition) is 2. The van der Waals surface area contributed by atoms with E-state index < -0.39 is 0 Å². The number of allylic oxidation sites excluding steroid dienone is 4. The molecule has 4 heteroatoms. The number of carbonyl (C=O) groups excluding carboxylic acids is 1. The number of amides is 1. The predicted molar refractivity (Wildman–Crippen MR) is 120 cm³/mol. The Labute approximate surface area is 180 Å². The van der Waals surface area contributed by atoms with E-state index in [1.165, 1.54) is 68.3 Å². The van der Waals surface area contributed by atoms with Gasteiger partial charge in [0.05, 0.1) is 6.54 Å². The second-order valence-electron chi connectivity index (χ2n) is 9.27. The van der Waals surface area contributed by atoms with E-state index in [1.807, 2.05) is 23.1 Å². The van der Waals surface area contributed by atoms with E-state index in [4.69, 9.17) is 0 Å². The second kappa shape index (κ2) is 8.81.